The molecule has 0 spiro atoms. The molecular formula is C17H19F3N2O. The zero-order valence-corrected chi connectivity index (χ0v) is 12.6. The van der Waals surface area contributed by atoms with Crippen LogP contribution in [0.2, 0.25) is 0 Å². The van der Waals surface area contributed by atoms with Gasteiger partial charge in [0, 0.05) is 25.7 Å². The van der Waals surface area contributed by atoms with E-state index in [1.807, 2.05) is 6.08 Å². The predicted molar refractivity (Wildman–Crippen MR) is 79.5 cm³/mol. The van der Waals surface area contributed by atoms with Crippen molar-refractivity contribution in [3.8, 4) is 0 Å². The maximum Gasteiger partial charge on any atom is 0.416 e. The van der Waals surface area contributed by atoms with E-state index in [9.17, 15) is 13.2 Å². The third kappa shape index (κ3) is 2.91. The number of alkyl halides is 3. The summed E-state index contributed by atoms with van der Waals surface area (Å²) in [5, 5.41) is 3.40. The molecule has 2 heterocycles. The number of piperidine rings is 1. The van der Waals surface area contributed by atoms with Gasteiger partial charge in [-0.3, -0.25) is 4.90 Å². The number of ether oxygens (including phenoxy) is 1. The van der Waals surface area contributed by atoms with E-state index in [1.54, 1.807) is 6.07 Å². The van der Waals surface area contributed by atoms with Gasteiger partial charge in [0.2, 0.25) is 0 Å². The average Bonchev–Trinajstić information content (AvgIpc) is 3.40. The Morgan fingerprint density at radius 2 is 2.04 bits per heavy atom. The second-order valence-electron chi connectivity index (χ2n) is 6.61. The summed E-state index contributed by atoms with van der Waals surface area (Å²) in [6, 6.07) is 5.96. The maximum atomic E-state index is 12.7. The van der Waals surface area contributed by atoms with E-state index in [1.165, 1.54) is 12.1 Å². The number of hydrogen-bond acceptors (Lipinski definition) is 3. The highest BCUT2D eigenvalue weighted by atomic mass is 19.4. The van der Waals surface area contributed by atoms with Crippen molar-refractivity contribution in [3.05, 3.63) is 48.0 Å². The molecular weight excluding hydrogens is 305 g/mol. The van der Waals surface area contributed by atoms with Crippen LogP contribution in [0.1, 0.15) is 11.1 Å². The number of fused-ring (bicyclic) bond motifs is 1. The molecule has 0 radical (unpaired) electrons. The summed E-state index contributed by atoms with van der Waals surface area (Å²) in [7, 11) is 0. The first-order valence-electron chi connectivity index (χ1n) is 7.89. The molecule has 0 bridgehead atoms. The van der Waals surface area contributed by atoms with Crippen molar-refractivity contribution in [2.75, 3.05) is 13.1 Å². The molecule has 1 aromatic rings. The van der Waals surface area contributed by atoms with E-state index in [0.29, 0.717) is 30.0 Å². The highest BCUT2D eigenvalue weighted by Gasteiger charge is 2.59. The zero-order valence-electron chi connectivity index (χ0n) is 12.6. The second-order valence-corrected chi connectivity index (χ2v) is 6.61. The molecule has 23 heavy (non-hydrogen) atoms. The number of halogens is 3. The number of likely N-dealkylation sites (tertiary alicyclic amines) is 1. The molecule has 124 valence electrons. The fourth-order valence-corrected chi connectivity index (χ4v) is 3.74. The van der Waals surface area contributed by atoms with Gasteiger partial charge in [-0.1, -0.05) is 24.3 Å². The Kier molecular flexibility index (Phi) is 3.51. The molecule has 0 amide bonds. The van der Waals surface area contributed by atoms with Crippen molar-refractivity contribution >= 4 is 0 Å². The summed E-state index contributed by atoms with van der Waals surface area (Å²) in [5.74, 6) is 1.19. The lowest BCUT2D eigenvalue weighted by Gasteiger charge is -2.17. The van der Waals surface area contributed by atoms with Gasteiger partial charge in [0.25, 0.3) is 0 Å². The van der Waals surface area contributed by atoms with Crippen LogP contribution in [0.4, 0.5) is 13.2 Å². The minimum absolute atomic E-state index is 0.170. The first-order valence-corrected chi connectivity index (χ1v) is 7.89. The van der Waals surface area contributed by atoms with Crippen LogP contribution >= 0.6 is 0 Å². The van der Waals surface area contributed by atoms with Gasteiger partial charge in [0.15, 0.2) is 0 Å². The molecule has 3 nitrogen and oxygen atoms in total. The van der Waals surface area contributed by atoms with Gasteiger partial charge in [-0.25, -0.2) is 0 Å². The molecule has 3 aliphatic rings. The number of rotatable bonds is 5. The first kappa shape index (κ1) is 15.2. The molecule has 6 heteroatoms. The second kappa shape index (κ2) is 5.33. The zero-order chi connectivity index (χ0) is 16.2. The van der Waals surface area contributed by atoms with Crippen molar-refractivity contribution in [3.63, 3.8) is 0 Å². The summed E-state index contributed by atoms with van der Waals surface area (Å²) in [5.41, 5.74) is 0.0965. The van der Waals surface area contributed by atoms with Gasteiger partial charge >= 0.3 is 6.18 Å². The minimum atomic E-state index is -4.28. The van der Waals surface area contributed by atoms with E-state index in [0.717, 1.165) is 19.2 Å². The van der Waals surface area contributed by atoms with Gasteiger partial charge in [-0.2, -0.15) is 13.2 Å². The Labute approximate surface area is 133 Å². The van der Waals surface area contributed by atoms with Crippen molar-refractivity contribution in [1.29, 1.82) is 0 Å². The summed E-state index contributed by atoms with van der Waals surface area (Å²) >= 11 is 0. The molecule has 1 N–H and O–H groups in total. The summed E-state index contributed by atoms with van der Waals surface area (Å²) < 4.78 is 43.6. The van der Waals surface area contributed by atoms with Crippen molar-refractivity contribution < 1.29 is 17.9 Å². The smallest absolute Gasteiger partial charge is 0.349 e. The van der Waals surface area contributed by atoms with E-state index in [-0.39, 0.29) is 12.3 Å². The molecule has 1 aromatic carbocycles. The van der Waals surface area contributed by atoms with Crippen LogP contribution in [0.15, 0.2) is 36.9 Å². The van der Waals surface area contributed by atoms with Crippen LogP contribution in [0.3, 0.4) is 0 Å². The Bertz CT molecular complexity index is 606. The Hall–Kier alpha value is -1.37. The summed E-state index contributed by atoms with van der Waals surface area (Å²) in [4.78, 5) is 2.34. The van der Waals surface area contributed by atoms with Crippen molar-refractivity contribution in [2.24, 2.45) is 11.8 Å². The Balaban J connectivity index is 1.27. The third-order valence-electron chi connectivity index (χ3n) is 5.11. The highest BCUT2D eigenvalue weighted by molar-refractivity contribution is 5.26. The lowest BCUT2D eigenvalue weighted by atomic mass is 10.1. The van der Waals surface area contributed by atoms with Gasteiger partial charge in [0.1, 0.15) is 12.3 Å². The predicted octanol–water partition coefficient (Wildman–Crippen LogP) is 2.64. The van der Waals surface area contributed by atoms with Crippen molar-refractivity contribution in [1.82, 2.24) is 10.2 Å². The topological polar surface area (TPSA) is 27.8 Å². The third-order valence-corrected chi connectivity index (χ3v) is 5.11. The molecule has 2 aliphatic heterocycles. The number of epoxide rings is 1. The van der Waals surface area contributed by atoms with Gasteiger partial charge in [-0.05, 0) is 23.5 Å². The molecule has 2 saturated heterocycles. The van der Waals surface area contributed by atoms with E-state index < -0.39 is 11.7 Å². The normalized spacial score (nSPS) is 35.9. The molecule has 2 unspecified atom stereocenters. The number of nitrogens with zero attached hydrogens (tertiary/aromatic N) is 1. The minimum Gasteiger partial charge on any atom is -0.349 e. The standard InChI is InChI=1S/C17H19F3N2O/c1-2-14-16(23-14)22-8-12-13(9-22)15(12)21-7-10-4-3-5-11(6-10)17(18,19)20/h2-6,12-16,21H,1,7-9H2/t12-,13-,14?,16?/m0/s1. The van der Waals surface area contributed by atoms with Crippen LogP contribution in [0.25, 0.3) is 0 Å². The maximum absolute atomic E-state index is 12.7. The first-order chi connectivity index (χ1) is 11.0. The van der Waals surface area contributed by atoms with Gasteiger partial charge < -0.3 is 10.1 Å². The lowest BCUT2D eigenvalue weighted by Crippen LogP contribution is -2.33. The largest absolute Gasteiger partial charge is 0.416 e. The van der Waals surface area contributed by atoms with Gasteiger partial charge in [0.05, 0.1) is 5.56 Å². The highest BCUT2D eigenvalue weighted by Crippen LogP contribution is 2.48. The lowest BCUT2D eigenvalue weighted by molar-refractivity contribution is -0.137. The Morgan fingerprint density at radius 3 is 2.65 bits per heavy atom. The van der Waals surface area contributed by atoms with Crippen LogP contribution in [-0.2, 0) is 17.5 Å². The Morgan fingerprint density at radius 1 is 1.30 bits per heavy atom. The summed E-state index contributed by atoms with van der Waals surface area (Å²) in [6.07, 6.45) is -2.08. The van der Waals surface area contributed by atoms with E-state index in [4.69, 9.17) is 4.74 Å². The molecule has 1 aliphatic carbocycles. The van der Waals surface area contributed by atoms with Crippen LogP contribution < -0.4 is 5.32 Å². The molecule has 1 saturated carbocycles. The van der Waals surface area contributed by atoms with E-state index in [2.05, 4.69) is 16.8 Å². The van der Waals surface area contributed by atoms with Crippen LogP contribution in [-0.4, -0.2) is 36.4 Å². The van der Waals surface area contributed by atoms with Gasteiger partial charge in [-0.15, -0.1) is 6.58 Å². The number of hydrogen-bond donors (Lipinski definition) is 1. The quantitative estimate of drug-likeness (QED) is 0.667. The van der Waals surface area contributed by atoms with Crippen molar-refractivity contribution in [2.45, 2.75) is 31.1 Å². The molecule has 0 aromatic heterocycles. The van der Waals surface area contributed by atoms with Crippen LogP contribution in [0, 0.1) is 11.8 Å². The molecule has 4 rings (SSSR count). The fourth-order valence-electron chi connectivity index (χ4n) is 3.74. The monoisotopic (exact) mass is 324 g/mol. The fraction of sp³-hybridized carbons (Fsp3) is 0.529. The molecule has 3 fully saturated rings. The molecule has 4 atom stereocenters. The average molecular weight is 324 g/mol. The SMILES string of the molecule is C=CC1OC1N1C[C@@H]2C(NCc3cccc(C(F)(F)F)c3)[C@H]2C1. The number of benzene rings is 1. The number of nitrogens with one attached hydrogen (secondary N) is 1. The summed E-state index contributed by atoms with van der Waals surface area (Å²) in [6.45, 7) is 6.22. The van der Waals surface area contributed by atoms with E-state index >= 15 is 0 Å². The van der Waals surface area contributed by atoms with Crippen LogP contribution in [0.5, 0.6) is 0 Å².